The van der Waals surface area contributed by atoms with E-state index in [4.69, 9.17) is 10.5 Å². The number of fused-ring (bicyclic) bond motifs is 3. The van der Waals surface area contributed by atoms with Gasteiger partial charge in [0.15, 0.2) is 11.4 Å². The highest BCUT2D eigenvalue weighted by Crippen LogP contribution is 2.58. The quantitative estimate of drug-likeness (QED) is 0.145. The zero-order valence-corrected chi connectivity index (χ0v) is 26.7. The maximum Gasteiger partial charge on any atom is 0.293 e. The van der Waals surface area contributed by atoms with Crippen molar-refractivity contribution in [3.63, 3.8) is 0 Å². The van der Waals surface area contributed by atoms with E-state index in [9.17, 15) is 39.6 Å². The second-order valence-corrected chi connectivity index (χ2v) is 14.2. The Morgan fingerprint density at radius 1 is 1.16 bits per heavy atom. The number of benzene rings is 1. The fourth-order valence-corrected chi connectivity index (χ4v) is 8.32. The van der Waals surface area contributed by atoms with Crippen molar-refractivity contribution in [2.45, 2.75) is 76.0 Å². The highest BCUT2D eigenvalue weighted by molar-refractivity contribution is 7.99. The van der Waals surface area contributed by atoms with E-state index in [1.807, 2.05) is 20.8 Å². The number of likely N-dealkylation sites (N-methyl/N-ethyl adjacent to an activating group) is 1. The van der Waals surface area contributed by atoms with Gasteiger partial charge in [-0.05, 0) is 37.2 Å². The van der Waals surface area contributed by atoms with Gasteiger partial charge in [0.1, 0.15) is 28.9 Å². The number of thioether (sulfide) groups is 1. The van der Waals surface area contributed by atoms with Gasteiger partial charge in [0.05, 0.1) is 17.5 Å². The smallest absolute Gasteiger partial charge is 0.293 e. The number of hydrogen-bond donors (Lipinski definition) is 5. The third-order valence-electron chi connectivity index (χ3n) is 9.12. The largest absolute Gasteiger partial charge is 0.508 e. The summed E-state index contributed by atoms with van der Waals surface area (Å²) in [6.07, 6.45) is 1.56. The molecule has 11 nitrogen and oxygen atoms in total. The lowest BCUT2D eigenvalue weighted by atomic mass is 9.54. The average Bonchev–Trinajstić information content (AvgIpc) is 2.92. The van der Waals surface area contributed by atoms with Crippen LogP contribution >= 0.6 is 11.8 Å². The number of aliphatic hydroxyl groups is 3. The Hall–Kier alpha value is -3.35. The van der Waals surface area contributed by atoms with Crippen LogP contribution < -0.4 is 5.73 Å². The lowest BCUT2D eigenvalue weighted by Gasteiger charge is -2.54. The van der Waals surface area contributed by atoms with E-state index in [1.165, 1.54) is 19.0 Å². The second kappa shape index (κ2) is 12.2. The molecule has 0 aliphatic heterocycles. The number of hydrogen-bond acceptors (Lipinski definition) is 11. The van der Waals surface area contributed by atoms with Gasteiger partial charge >= 0.3 is 0 Å². The topological polar surface area (TPSA) is 188 Å². The van der Waals surface area contributed by atoms with Crippen LogP contribution in [-0.4, -0.2) is 92.6 Å². The van der Waals surface area contributed by atoms with Crippen LogP contribution in [0, 0.1) is 11.8 Å². The summed E-state index contributed by atoms with van der Waals surface area (Å²) in [5.74, 6) is -7.67. The number of carbonyl (C=O) groups is 4. The Balaban J connectivity index is 2.06. The number of primary amides is 1. The Labute approximate surface area is 261 Å². The Morgan fingerprint density at radius 3 is 2.36 bits per heavy atom. The Kier molecular flexibility index (Phi) is 9.31. The molecule has 0 bridgehead atoms. The predicted octanol–water partition coefficient (Wildman–Crippen LogP) is 2.88. The van der Waals surface area contributed by atoms with Gasteiger partial charge in [-0.15, -0.1) is 0 Å². The summed E-state index contributed by atoms with van der Waals surface area (Å²) in [6.45, 7) is 7.87. The first kappa shape index (κ1) is 33.5. The summed E-state index contributed by atoms with van der Waals surface area (Å²) >= 11 is 1.60. The standard InChI is InChI=1S/C32H42N2O9S/c1-7-8-9-12-44-13-16-15-10-11-17(31(2,3)4)24(36)19(15)25(37)20-18(16)27(43-14-35)22-23(34(5)6)26(38)21(30(33)41)29(40)32(22,42)28(20)39/h10-11,14,16,18,22-23,27,36-37,40,42H,7-9,12-13H2,1-6H3,(H2,33,41)/t16-,18+,22+,23-,27-,32-/m0/s1. The molecule has 44 heavy (non-hydrogen) atoms. The van der Waals surface area contributed by atoms with Gasteiger partial charge in [-0.2, -0.15) is 11.8 Å². The summed E-state index contributed by atoms with van der Waals surface area (Å²) in [6, 6.07) is 2.13. The minimum Gasteiger partial charge on any atom is -0.508 e. The van der Waals surface area contributed by atoms with Crippen LogP contribution in [0.4, 0.5) is 0 Å². The van der Waals surface area contributed by atoms with Crippen molar-refractivity contribution in [2.24, 2.45) is 17.6 Å². The third kappa shape index (κ3) is 5.10. The van der Waals surface area contributed by atoms with Crippen LogP contribution in [0.15, 0.2) is 29.0 Å². The van der Waals surface area contributed by atoms with Crippen molar-refractivity contribution >= 4 is 41.5 Å². The maximum atomic E-state index is 14.5. The first-order valence-electron chi connectivity index (χ1n) is 14.7. The van der Waals surface area contributed by atoms with Crippen LogP contribution in [0.5, 0.6) is 5.75 Å². The third-order valence-corrected chi connectivity index (χ3v) is 10.3. The number of phenols is 1. The van der Waals surface area contributed by atoms with Crippen LogP contribution in [0.2, 0.25) is 0 Å². The van der Waals surface area contributed by atoms with Gasteiger partial charge in [0.2, 0.25) is 5.78 Å². The molecular weight excluding hydrogens is 588 g/mol. The molecule has 0 heterocycles. The number of phenolic OH excluding ortho intramolecular Hbond substituents is 1. The van der Waals surface area contributed by atoms with E-state index in [0.29, 0.717) is 16.9 Å². The molecule has 1 aromatic carbocycles. The molecule has 0 unspecified atom stereocenters. The van der Waals surface area contributed by atoms with Crippen LogP contribution in [0.25, 0.3) is 5.76 Å². The molecule has 0 aromatic heterocycles. The number of unbranched alkanes of at least 4 members (excludes halogenated alkanes) is 2. The molecule has 1 aromatic rings. The zero-order valence-electron chi connectivity index (χ0n) is 25.9. The zero-order chi connectivity index (χ0) is 32.9. The van der Waals surface area contributed by atoms with Gasteiger partial charge in [0, 0.05) is 28.7 Å². The van der Waals surface area contributed by atoms with Gasteiger partial charge in [-0.1, -0.05) is 52.7 Å². The number of Topliss-reactive ketones (excluding diaryl/α,β-unsaturated/α-hetero) is 2. The number of aromatic hydroxyl groups is 1. The number of aliphatic hydroxyl groups excluding tert-OH is 2. The van der Waals surface area contributed by atoms with E-state index in [-0.39, 0.29) is 23.4 Å². The molecule has 3 aliphatic rings. The molecular formula is C32H42N2O9S. The molecule has 240 valence electrons. The number of carbonyl (C=O) groups excluding carboxylic acids is 4. The summed E-state index contributed by atoms with van der Waals surface area (Å²) < 4.78 is 5.62. The molecule has 0 saturated heterocycles. The normalized spacial score (nSPS) is 28.5. The number of nitrogens with two attached hydrogens (primary N) is 1. The van der Waals surface area contributed by atoms with E-state index < -0.39 is 75.5 Å². The molecule has 3 aliphatic carbocycles. The van der Waals surface area contributed by atoms with Crippen molar-refractivity contribution in [1.82, 2.24) is 4.90 Å². The lowest BCUT2D eigenvalue weighted by Crippen LogP contribution is -2.71. The Morgan fingerprint density at radius 2 is 1.82 bits per heavy atom. The minimum atomic E-state index is -2.96. The average molecular weight is 631 g/mol. The van der Waals surface area contributed by atoms with Crippen molar-refractivity contribution in [3.05, 3.63) is 45.7 Å². The molecule has 0 spiro atoms. The van der Waals surface area contributed by atoms with Gasteiger partial charge < -0.3 is 30.9 Å². The van der Waals surface area contributed by atoms with Gasteiger partial charge in [0.25, 0.3) is 12.4 Å². The van der Waals surface area contributed by atoms with Crippen LogP contribution in [0.3, 0.4) is 0 Å². The van der Waals surface area contributed by atoms with E-state index >= 15 is 0 Å². The van der Waals surface area contributed by atoms with Gasteiger partial charge in [-0.25, -0.2) is 0 Å². The summed E-state index contributed by atoms with van der Waals surface area (Å²) in [4.78, 5) is 53.9. The van der Waals surface area contributed by atoms with Crippen LogP contribution in [-0.2, 0) is 29.3 Å². The van der Waals surface area contributed by atoms with Crippen molar-refractivity contribution in [2.75, 3.05) is 25.6 Å². The van der Waals surface area contributed by atoms with Crippen molar-refractivity contribution < 1.29 is 44.3 Å². The van der Waals surface area contributed by atoms with E-state index in [0.717, 1.165) is 25.0 Å². The summed E-state index contributed by atoms with van der Waals surface area (Å²) in [7, 11) is 2.97. The van der Waals surface area contributed by atoms with E-state index in [1.54, 1.807) is 23.9 Å². The highest BCUT2D eigenvalue weighted by atomic mass is 32.2. The molecule has 1 amide bonds. The fraction of sp³-hybridized carbons (Fsp3) is 0.562. The van der Waals surface area contributed by atoms with Crippen molar-refractivity contribution in [3.8, 4) is 5.75 Å². The maximum absolute atomic E-state index is 14.5. The monoisotopic (exact) mass is 630 g/mol. The number of nitrogens with zero attached hydrogens (tertiary/aromatic N) is 1. The minimum absolute atomic E-state index is 0.0118. The van der Waals surface area contributed by atoms with Crippen molar-refractivity contribution in [1.29, 1.82) is 0 Å². The number of amides is 1. The first-order valence-corrected chi connectivity index (χ1v) is 15.9. The molecule has 12 heteroatoms. The first-order chi connectivity index (χ1) is 20.6. The molecule has 1 fully saturated rings. The highest BCUT2D eigenvalue weighted by Gasteiger charge is 2.69. The SMILES string of the molecule is CCCCCSC[C@H]1c2ccc(C(C)(C)C)c(O)c2C(O)=C2C(=O)[C@]3(O)C(O)=C(C(N)=O)C(=O)[C@@H](N(C)C)[C@@H]3[C@@H](OC=O)[C@@H]21. The summed E-state index contributed by atoms with van der Waals surface area (Å²) in [5, 5.41) is 46.7. The van der Waals surface area contributed by atoms with Gasteiger partial charge in [-0.3, -0.25) is 24.1 Å². The Bertz CT molecular complexity index is 1440. The lowest BCUT2D eigenvalue weighted by molar-refractivity contribution is -0.178. The predicted molar refractivity (Wildman–Crippen MR) is 165 cm³/mol. The molecule has 6 atom stereocenters. The van der Waals surface area contributed by atoms with E-state index in [2.05, 4.69) is 6.92 Å². The summed E-state index contributed by atoms with van der Waals surface area (Å²) in [5.41, 5.74) is 1.64. The fourth-order valence-electron chi connectivity index (χ4n) is 7.10. The molecule has 6 N–H and O–H groups in total. The van der Waals surface area contributed by atoms with Crippen LogP contribution in [0.1, 0.15) is 69.6 Å². The number of rotatable bonds is 10. The molecule has 1 saturated carbocycles. The second-order valence-electron chi connectivity index (χ2n) is 13.0. The number of ether oxygens (including phenoxy) is 1. The number of ketones is 2. The molecule has 4 rings (SSSR count). The molecule has 0 radical (unpaired) electrons.